The molecule has 1 aromatic rings. The molecule has 1 fully saturated rings. The molecule has 4 heteroatoms. The maximum absolute atomic E-state index is 5.44. The van der Waals surface area contributed by atoms with Crippen LogP contribution in [-0.2, 0) is 0 Å². The highest BCUT2D eigenvalue weighted by molar-refractivity contribution is 5.02. The first-order valence-corrected chi connectivity index (χ1v) is 7.18. The van der Waals surface area contributed by atoms with Crippen molar-refractivity contribution >= 4 is 0 Å². The minimum atomic E-state index is 0.269. The van der Waals surface area contributed by atoms with Crippen LogP contribution in [0.4, 0.5) is 0 Å². The fourth-order valence-electron chi connectivity index (χ4n) is 2.75. The lowest BCUT2D eigenvalue weighted by Gasteiger charge is -2.16. The first-order valence-electron chi connectivity index (χ1n) is 7.18. The molecule has 1 aliphatic carbocycles. The van der Waals surface area contributed by atoms with Gasteiger partial charge in [-0.05, 0) is 38.6 Å². The number of nitrogens with zero attached hydrogens (tertiary/aromatic N) is 2. The van der Waals surface area contributed by atoms with Crippen LogP contribution in [0.2, 0.25) is 0 Å². The second kappa shape index (κ2) is 5.83. The SMILES string of the molecule is CCNC(C)C(C)c1nc(C2CCC(C)C2)no1. The Labute approximate surface area is 110 Å². The van der Waals surface area contributed by atoms with Gasteiger partial charge in [0.05, 0.1) is 5.92 Å². The topological polar surface area (TPSA) is 51.0 Å². The zero-order valence-electron chi connectivity index (χ0n) is 11.9. The molecule has 4 unspecified atom stereocenters. The molecule has 4 nitrogen and oxygen atoms in total. The van der Waals surface area contributed by atoms with Gasteiger partial charge in [0.2, 0.25) is 5.89 Å². The van der Waals surface area contributed by atoms with E-state index in [2.05, 4.69) is 43.2 Å². The lowest BCUT2D eigenvalue weighted by Crippen LogP contribution is -2.30. The van der Waals surface area contributed by atoms with Crippen molar-refractivity contribution in [1.82, 2.24) is 15.5 Å². The van der Waals surface area contributed by atoms with Gasteiger partial charge in [-0.2, -0.15) is 4.98 Å². The van der Waals surface area contributed by atoms with E-state index in [0.717, 1.165) is 24.2 Å². The third kappa shape index (κ3) is 2.91. The van der Waals surface area contributed by atoms with E-state index < -0.39 is 0 Å². The van der Waals surface area contributed by atoms with Crippen LogP contribution in [0.3, 0.4) is 0 Å². The number of hydrogen-bond acceptors (Lipinski definition) is 4. The monoisotopic (exact) mass is 251 g/mol. The van der Waals surface area contributed by atoms with Crippen molar-refractivity contribution in [3.63, 3.8) is 0 Å². The highest BCUT2D eigenvalue weighted by Gasteiger charge is 2.28. The zero-order valence-corrected chi connectivity index (χ0v) is 11.9. The van der Waals surface area contributed by atoms with Gasteiger partial charge < -0.3 is 9.84 Å². The molecule has 1 aliphatic rings. The van der Waals surface area contributed by atoms with Crippen LogP contribution in [-0.4, -0.2) is 22.7 Å². The number of hydrogen-bond donors (Lipinski definition) is 1. The number of likely N-dealkylation sites (N-methyl/N-ethyl adjacent to an activating group) is 1. The Bertz CT molecular complexity index is 377. The minimum Gasteiger partial charge on any atom is -0.339 e. The third-order valence-electron chi connectivity index (χ3n) is 4.18. The van der Waals surface area contributed by atoms with E-state index in [4.69, 9.17) is 4.52 Å². The first kappa shape index (κ1) is 13.5. The van der Waals surface area contributed by atoms with Crippen LogP contribution in [0, 0.1) is 5.92 Å². The Hall–Kier alpha value is -0.900. The number of nitrogens with one attached hydrogen (secondary N) is 1. The molecule has 0 aliphatic heterocycles. The molecule has 1 N–H and O–H groups in total. The second-order valence-corrected chi connectivity index (χ2v) is 5.74. The fraction of sp³-hybridized carbons (Fsp3) is 0.857. The maximum Gasteiger partial charge on any atom is 0.231 e. The van der Waals surface area contributed by atoms with E-state index in [-0.39, 0.29) is 5.92 Å². The van der Waals surface area contributed by atoms with Crippen molar-refractivity contribution in [3.05, 3.63) is 11.7 Å². The molecule has 18 heavy (non-hydrogen) atoms. The van der Waals surface area contributed by atoms with Gasteiger partial charge >= 0.3 is 0 Å². The summed E-state index contributed by atoms with van der Waals surface area (Å²) in [6.07, 6.45) is 3.70. The molecule has 0 amide bonds. The summed E-state index contributed by atoms with van der Waals surface area (Å²) >= 11 is 0. The molecule has 1 aromatic heterocycles. The average molecular weight is 251 g/mol. The van der Waals surface area contributed by atoms with Crippen LogP contribution >= 0.6 is 0 Å². The molecule has 0 saturated heterocycles. The lowest BCUT2D eigenvalue weighted by molar-refractivity contribution is 0.328. The fourth-order valence-corrected chi connectivity index (χ4v) is 2.75. The maximum atomic E-state index is 5.44. The minimum absolute atomic E-state index is 0.269. The summed E-state index contributed by atoms with van der Waals surface area (Å²) in [7, 11) is 0. The summed E-state index contributed by atoms with van der Waals surface area (Å²) in [5.74, 6) is 3.28. The van der Waals surface area contributed by atoms with Gasteiger partial charge in [0.15, 0.2) is 5.82 Å². The van der Waals surface area contributed by atoms with Crippen LogP contribution in [0.25, 0.3) is 0 Å². The molecule has 1 saturated carbocycles. The third-order valence-corrected chi connectivity index (χ3v) is 4.18. The molecule has 0 spiro atoms. The van der Waals surface area contributed by atoms with E-state index in [1.165, 1.54) is 19.3 Å². The van der Waals surface area contributed by atoms with Crippen molar-refractivity contribution in [2.45, 2.75) is 64.8 Å². The summed E-state index contributed by atoms with van der Waals surface area (Å²) in [4.78, 5) is 4.61. The highest BCUT2D eigenvalue weighted by atomic mass is 16.5. The van der Waals surface area contributed by atoms with Gasteiger partial charge in [-0.25, -0.2) is 0 Å². The van der Waals surface area contributed by atoms with Gasteiger partial charge in [-0.1, -0.05) is 25.9 Å². The molecule has 4 atom stereocenters. The normalized spacial score (nSPS) is 27.3. The molecule has 0 radical (unpaired) electrons. The van der Waals surface area contributed by atoms with Crippen LogP contribution in [0.15, 0.2) is 4.52 Å². The molecule has 102 valence electrons. The first-order chi connectivity index (χ1) is 8.61. The second-order valence-electron chi connectivity index (χ2n) is 5.74. The summed E-state index contributed by atoms with van der Waals surface area (Å²) in [6, 6.07) is 0.366. The standard InChI is InChI=1S/C14H25N3O/c1-5-15-11(4)10(3)14-16-13(17-18-14)12-7-6-9(2)8-12/h9-12,15H,5-8H2,1-4H3. The van der Waals surface area contributed by atoms with Gasteiger partial charge in [0.25, 0.3) is 0 Å². The van der Waals surface area contributed by atoms with E-state index in [1.54, 1.807) is 0 Å². The molecule has 0 bridgehead atoms. The van der Waals surface area contributed by atoms with Crippen molar-refractivity contribution in [2.75, 3.05) is 6.54 Å². The highest BCUT2D eigenvalue weighted by Crippen LogP contribution is 2.36. The summed E-state index contributed by atoms with van der Waals surface area (Å²) in [6.45, 7) is 9.68. The van der Waals surface area contributed by atoms with Crippen LogP contribution < -0.4 is 5.32 Å². The van der Waals surface area contributed by atoms with E-state index in [9.17, 15) is 0 Å². The molecule has 2 rings (SSSR count). The van der Waals surface area contributed by atoms with Crippen molar-refractivity contribution in [1.29, 1.82) is 0 Å². The van der Waals surface area contributed by atoms with Gasteiger partial charge in [-0.15, -0.1) is 0 Å². The predicted octanol–water partition coefficient (Wildman–Crippen LogP) is 3.07. The van der Waals surface area contributed by atoms with Gasteiger partial charge in [-0.3, -0.25) is 0 Å². The molecular weight excluding hydrogens is 226 g/mol. The molecule has 1 heterocycles. The summed E-state index contributed by atoms with van der Waals surface area (Å²) < 4.78 is 5.44. The Kier molecular flexibility index (Phi) is 4.38. The predicted molar refractivity (Wildman–Crippen MR) is 71.6 cm³/mol. The van der Waals surface area contributed by atoms with E-state index in [0.29, 0.717) is 12.0 Å². The summed E-state index contributed by atoms with van der Waals surface area (Å²) in [5, 5.41) is 7.58. The zero-order chi connectivity index (χ0) is 13.1. The molecule has 0 aromatic carbocycles. The van der Waals surface area contributed by atoms with E-state index in [1.807, 2.05) is 0 Å². The largest absolute Gasteiger partial charge is 0.339 e. The Morgan fingerprint density at radius 1 is 1.39 bits per heavy atom. The average Bonchev–Trinajstić information content (AvgIpc) is 2.96. The lowest BCUT2D eigenvalue weighted by atomic mass is 10.0. The van der Waals surface area contributed by atoms with Crippen molar-refractivity contribution in [3.8, 4) is 0 Å². The number of aromatic nitrogens is 2. The Morgan fingerprint density at radius 3 is 2.78 bits per heavy atom. The van der Waals surface area contributed by atoms with Crippen LogP contribution in [0.1, 0.15) is 70.5 Å². The van der Waals surface area contributed by atoms with Gasteiger partial charge in [0, 0.05) is 12.0 Å². The summed E-state index contributed by atoms with van der Waals surface area (Å²) in [5.41, 5.74) is 0. The van der Waals surface area contributed by atoms with Crippen molar-refractivity contribution < 1.29 is 4.52 Å². The Balaban J connectivity index is 2.01. The van der Waals surface area contributed by atoms with Gasteiger partial charge in [0.1, 0.15) is 0 Å². The van der Waals surface area contributed by atoms with Crippen molar-refractivity contribution in [2.24, 2.45) is 5.92 Å². The smallest absolute Gasteiger partial charge is 0.231 e. The molecular formula is C14H25N3O. The Morgan fingerprint density at radius 2 is 2.17 bits per heavy atom. The quantitative estimate of drug-likeness (QED) is 0.873. The van der Waals surface area contributed by atoms with Crippen LogP contribution in [0.5, 0.6) is 0 Å². The number of rotatable bonds is 5. The van der Waals surface area contributed by atoms with E-state index >= 15 is 0 Å².